The summed E-state index contributed by atoms with van der Waals surface area (Å²) in [7, 11) is 1.75. The van der Waals surface area contributed by atoms with Crippen LogP contribution in [0.25, 0.3) is 11.3 Å². The van der Waals surface area contributed by atoms with E-state index in [1.54, 1.807) is 24.3 Å². The first-order valence-corrected chi connectivity index (χ1v) is 11.2. The van der Waals surface area contributed by atoms with Gasteiger partial charge in [-0.1, -0.05) is 18.2 Å². The fourth-order valence-electron chi connectivity index (χ4n) is 4.50. The monoisotopic (exact) mass is 442 g/mol. The Balaban J connectivity index is 1.39. The van der Waals surface area contributed by atoms with Gasteiger partial charge in [-0.2, -0.15) is 0 Å². The lowest BCUT2D eigenvalue weighted by atomic mass is 10.1. The van der Waals surface area contributed by atoms with Crippen molar-refractivity contribution < 1.29 is 9.59 Å². The molecule has 0 saturated carbocycles. The number of anilines is 2. The maximum Gasteiger partial charge on any atom is 0.228 e. The molecular formula is C25H26N6O2. The average Bonchev–Trinajstić information content (AvgIpc) is 3.47. The molecule has 2 aromatic heterocycles. The van der Waals surface area contributed by atoms with Gasteiger partial charge in [0.1, 0.15) is 11.6 Å². The molecule has 33 heavy (non-hydrogen) atoms. The maximum absolute atomic E-state index is 13.0. The second-order valence-corrected chi connectivity index (χ2v) is 8.67. The molecule has 5 rings (SSSR count). The van der Waals surface area contributed by atoms with Crippen LogP contribution in [0.2, 0.25) is 0 Å². The number of para-hydroxylation sites is 1. The van der Waals surface area contributed by atoms with Gasteiger partial charge >= 0.3 is 0 Å². The van der Waals surface area contributed by atoms with E-state index < -0.39 is 0 Å². The minimum absolute atomic E-state index is 0.0354. The van der Waals surface area contributed by atoms with Crippen LogP contribution in [-0.4, -0.2) is 63.2 Å². The molecule has 2 aliphatic rings. The SMILES string of the molecule is CN1C[C@@H](C(=O)N2CC[C@H](c3nc(Nc4ccccc4)cc(-c4cccnc4)n3)C2)CC1=O. The van der Waals surface area contributed by atoms with Crippen molar-refractivity contribution in [1.29, 1.82) is 0 Å². The van der Waals surface area contributed by atoms with Gasteiger partial charge in [0.05, 0.1) is 11.6 Å². The van der Waals surface area contributed by atoms with Crippen molar-refractivity contribution in [2.24, 2.45) is 5.92 Å². The highest BCUT2D eigenvalue weighted by molar-refractivity contribution is 5.89. The largest absolute Gasteiger partial charge is 0.345 e. The fourth-order valence-corrected chi connectivity index (χ4v) is 4.50. The molecule has 0 aliphatic carbocycles. The van der Waals surface area contributed by atoms with E-state index in [0.717, 1.165) is 23.4 Å². The molecule has 168 valence electrons. The van der Waals surface area contributed by atoms with E-state index in [1.165, 1.54) is 0 Å². The highest BCUT2D eigenvalue weighted by atomic mass is 16.2. The molecule has 2 aliphatic heterocycles. The average molecular weight is 443 g/mol. The predicted molar refractivity (Wildman–Crippen MR) is 125 cm³/mol. The normalized spacial score (nSPS) is 20.3. The lowest BCUT2D eigenvalue weighted by molar-refractivity contribution is -0.134. The quantitative estimate of drug-likeness (QED) is 0.653. The van der Waals surface area contributed by atoms with E-state index in [4.69, 9.17) is 9.97 Å². The third-order valence-corrected chi connectivity index (χ3v) is 6.30. The molecule has 0 spiro atoms. The second-order valence-electron chi connectivity index (χ2n) is 8.67. The summed E-state index contributed by atoms with van der Waals surface area (Å²) >= 11 is 0. The van der Waals surface area contributed by atoms with E-state index in [1.807, 2.05) is 53.4 Å². The van der Waals surface area contributed by atoms with E-state index in [9.17, 15) is 9.59 Å². The van der Waals surface area contributed by atoms with Crippen molar-refractivity contribution >= 4 is 23.3 Å². The zero-order valence-corrected chi connectivity index (χ0v) is 18.5. The first-order chi connectivity index (χ1) is 16.1. The van der Waals surface area contributed by atoms with E-state index in [2.05, 4.69) is 10.3 Å². The zero-order chi connectivity index (χ0) is 22.8. The van der Waals surface area contributed by atoms with E-state index in [0.29, 0.717) is 37.7 Å². The molecule has 1 N–H and O–H groups in total. The van der Waals surface area contributed by atoms with E-state index in [-0.39, 0.29) is 23.7 Å². The van der Waals surface area contributed by atoms with Crippen LogP contribution in [0.4, 0.5) is 11.5 Å². The lowest BCUT2D eigenvalue weighted by Gasteiger charge is -2.20. The van der Waals surface area contributed by atoms with Crippen LogP contribution in [0.3, 0.4) is 0 Å². The number of rotatable bonds is 5. The molecule has 8 nitrogen and oxygen atoms in total. The summed E-state index contributed by atoms with van der Waals surface area (Å²) in [6.45, 7) is 1.71. The number of nitrogens with one attached hydrogen (secondary N) is 1. The Morgan fingerprint density at radius 2 is 1.94 bits per heavy atom. The molecule has 0 bridgehead atoms. The number of hydrogen-bond acceptors (Lipinski definition) is 6. The number of amides is 2. The van der Waals surface area contributed by atoms with Gasteiger partial charge in [0, 0.05) is 68.7 Å². The van der Waals surface area contributed by atoms with E-state index >= 15 is 0 Å². The number of likely N-dealkylation sites (tertiary alicyclic amines) is 2. The van der Waals surface area contributed by atoms with Crippen LogP contribution >= 0.6 is 0 Å². The summed E-state index contributed by atoms with van der Waals surface area (Å²) in [5, 5.41) is 3.37. The van der Waals surface area contributed by atoms with Gasteiger partial charge in [0.25, 0.3) is 0 Å². The summed E-state index contributed by atoms with van der Waals surface area (Å²) in [5.74, 6) is 1.30. The van der Waals surface area contributed by atoms with Crippen molar-refractivity contribution in [3.8, 4) is 11.3 Å². The van der Waals surface area contributed by atoms with Gasteiger partial charge in [-0.15, -0.1) is 0 Å². The Morgan fingerprint density at radius 1 is 1.09 bits per heavy atom. The van der Waals surface area contributed by atoms with Crippen molar-refractivity contribution in [2.75, 3.05) is 32.0 Å². The zero-order valence-electron chi connectivity index (χ0n) is 18.5. The Kier molecular flexibility index (Phi) is 5.73. The van der Waals surface area contributed by atoms with Gasteiger partial charge in [-0.05, 0) is 30.7 Å². The first kappa shape index (κ1) is 21.1. The fraction of sp³-hybridized carbons (Fsp3) is 0.320. The Bertz CT molecular complexity index is 1150. The summed E-state index contributed by atoms with van der Waals surface area (Å²) < 4.78 is 0. The van der Waals surface area contributed by atoms with Crippen LogP contribution in [0.5, 0.6) is 0 Å². The van der Waals surface area contributed by atoms with Gasteiger partial charge in [-0.25, -0.2) is 9.97 Å². The minimum atomic E-state index is -0.251. The second kappa shape index (κ2) is 8.97. The number of pyridine rings is 1. The van der Waals surface area contributed by atoms with Crippen molar-refractivity contribution in [3.63, 3.8) is 0 Å². The molecular weight excluding hydrogens is 416 g/mol. The third-order valence-electron chi connectivity index (χ3n) is 6.30. The van der Waals surface area contributed by atoms with Gasteiger partial charge in [0.15, 0.2) is 0 Å². The molecule has 4 heterocycles. The standard InChI is InChI=1S/C25H26N6O2/c1-30-15-19(12-23(30)32)25(33)31-11-9-18(16-31)24-28-21(17-6-5-10-26-14-17)13-22(29-24)27-20-7-3-2-4-8-20/h2-8,10,13-14,18-19H,9,11-12,15-16H2,1H3,(H,27,28,29)/t18-,19-/m0/s1. The number of nitrogens with zero attached hydrogens (tertiary/aromatic N) is 5. The molecule has 2 fully saturated rings. The summed E-state index contributed by atoms with van der Waals surface area (Å²) in [4.78, 5) is 42.3. The summed E-state index contributed by atoms with van der Waals surface area (Å²) in [6, 6.07) is 15.7. The van der Waals surface area contributed by atoms with Crippen LogP contribution in [0.15, 0.2) is 60.9 Å². The molecule has 3 aromatic rings. The van der Waals surface area contributed by atoms with Crippen LogP contribution in [-0.2, 0) is 9.59 Å². The van der Waals surface area contributed by atoms with Crippen LogP contribution in [0.1, 0.15) is 24.6 Å². The summed E-state index contributed by atoms with van der Waals surface area (Å²) in [5.41, 5.74) is 2.65. The van der Waals surface area contributed by atoms with Gasteiger partial charge < -0.3 is 15.1 Å². The number of carbonyl (C=O) groups is 2. The third kappa shape index (κ3) is 4.55. The highest BCUT2D eigenvalue weighted by Gasteiger charge is 2.38. The Hall–Kier alpha value is -3.81. The number of aromatic nitrogens is 3. The van der Waals surface area contributed by atoms with Crippen LogP contribution in [0, 0.1) is 5.92 Å². The molecule has 2 saturated heterocycles. The van der Waals surface area contributed by atoms with Gasteiger partial charge in [-0.3, -0.25) is 14.6 Å². The highest BCUT2D eigenvalue weighted by Crippen LogP contribution is 2.31. The molecule has 2 amide bonds. The molecule has 1 aromatic carbocycles. The minimum Gasteiger partial charge on any atom is -0.345 e. The van der Waals surface area contributed by atoms with Crippen molar-refractivity contribution in [1.82, 2.24) is 24.8 Å². The van der Waals surface area contributed by atoms with Gasteiger partial charge in [0.2, 0.25) is 11.8 Å². The smallest absolute Gasteiger partial charge is 0.228 e. The number of carbonyl (C=O) groups excluding carboxylic acids is 2. The van der Waals surface area contributed by atoms with Crippen LogP contribution < -0.4 is 5.32 Å². The number of benzene rings is 1. The van der Waals surface area contributed by atoms with Crippen molar-refractivity contribution in [2.45, 2.75) is 18.8 Å². The number of hydrogen-bond donors (Lipinski definition) is 1. The molecule has 0 unspecified atom stereocenters. The molecule has 0 radical (unpaired) electrons. The topological polar surface area (TPSA) is 91.3 Å². The maximum atomic E-state index is 13.0. The summed E-state index contributed by atoms with van der Waals surface area (Å²) in [6.07, 6.45) is 4.62. The first-order valence-electron chi connectivity index (χ1n) is 11.2. The predicted octanol–water partition coefficient (Wildman–Crippen LogP) is 3.08. The Morgan fingerprint density at radius 3 is 2.67 bits per heavy atom. The van der Waals surface area contributed by atoms with Crippen molar-refractivity contribution in [3.05, 3.63) is 66.7 Å². The Labute approximate surface area is 192 Å². The molecule has 8 heteroatoms. The lowest BCUT2D eigenvalue weighted by Crippen LogP contribution is -2.35. The molecule has 2 atom stereocenters.